The highest BCUT2D eigenvalue weighted by atomic mass is 19.1. The van der Waals surface area contributed by atoms with E-state index in [0.717, 1.165) is 22.5 Å². The Balaban J connectivity index is 2.45. The summed E-state index contributed by atoms with van der Waals surface area (Å²) in [6, 6.07) is 8.51. The minimum atomic E-state index is -0.229. The van der Waals surface area contributed by atoms with Gasteiger partial charge in [-0.3, -0.25) is 0 Å². The highest BCUT2D eigenvalue weighted by molar-refractivity contribution is 5.65. The van der Waals surface area contributed by atoms with Gasteiger partial charge >= 0.3 is 0 Å². The van der Waals surface area contributed by atoms with Gasteiger partial charge in [-0.2, -0.15) is 0 Å². The average Bonchev–Trinajstić information content (AvgIpc) is 2.29. The number of hydrogen-bond donors (Lipinski definition) is 1. The van der Waals surface area contributed by atoms with Gasteiger partial charge in [-0.05, 0) is 36.2 Å². The second kappa shape index (κ2) is 4.31. The lowest BCUT2D eigenvalue weighted by Gasteiger charge is -2.07. The number of benzene rings is 1. The number of anilines is 1. The topological polar surface area (TPSA) is 24.9 Å². The maximum absolute atomic E-state index is 13.1. The molecule has 0 amide bonds. The van der Waals surface area contributed by atoms with E-state index in [4.69, 9.17) is 0 Å². The Morgan fingerprint density at radius 1 is 1.19 bits per heavy atom. The molecule has 82 valence electrons. The minimum Gasteiger partial charge on any atom is -0.373 e. The number of nitrogens with one attached hydrogen (secondary N) is 1. The van der Waals surface area contributed by atoms with E-state index in [1.165, 1.54) is 12.1 Å². The number of pyridine rings is 1. The zero-order valence-electron chi connectivity index (χ0n) is 9.29. The quantitative estimate of drug-likeness (QED) is 0.833. The fourth-order valence-corrected chi connectivity index (χ4v) is 1.66. The Morgan fingerprint density at radius 3 is 2.62 bits per heavy atom. The lowest BCUT2D eigenvalue weighted by atomic mass is 10.1. The van der Waals surface area contributed by atoms with Gasteiger partial charge in [0, 0.05) is 18.8 Å². The largest absolute Gasteiger partial charge is 0.373 e. The molecule has 0 aliphatic heterocycles. The number of nitrogens with zero attached hydrogens (tertiary/aromatic N) is 1. The van der Waals surface area contributed by atoms with Crippen LogP contribution >= 0.6 is 0 Å². The van der Waals surface area contributed by atoms with Crippen molar-refractivity contribution >= 4 is 5.82 Å². The van der Waals surface area contributed by atoms with E-state index in [2.05, 4.69) is 10.3 Å². The molecule has 1 aromatic carbocycles. The van der Waals surface area contributed by atoms with Gasteiger partial charge in [0.2, 0.25) is 0 Å². The summed E-state index contributed by atoms with van der Waals surface area (Å²) in [5.74, 6) is 0.619. The molecule has 1 N–H and O–H groups in total. The minimum absolute atomic E-state index is 0.229. The van der Waals surface area contributed by atoms with Gasteiger partial charge in [0.25, 0.3) is 0 Å². The summed E-state index contributed by atoms with van der Waals surface area (Å²) in [6.07, 6.45) is 1.74. The normalized spacial score (nSPS) is 10.2. The molecule has 0 radical (unpaired) electrons. The molecule has 1 heterocycles. The second-order valence-electron chi connectivity index (χ2n) is 3.65. The summed E-state index contributed by atoms with van der Waals surface area (Å²) < 4.78 is 13.1. The highest BCUT2D eigenvalue weighted by Crippen LogP contribution is 2.22. The molecule has 0 saturated heterocycles. The van der Waals surface area contributed by atoms with E-state index >= 15 is 0 Å². The molecule has 2 aromatic rings. The molecule has 0 saturated carbocycles. The van der Waals surface area contributed by atoms with Gasteiger partial charge in [0.05, 0.1) is 0 Å². The Kier molecular flexibility index (Phi) is 2.86. The van der Waals surface area contributed by atoms with Crippen LogP contribution in [0.4, 0.5) is 10.2 Å². The average molecular weight is 216 g/mol. The number of aryl methyl sites for hydroxylation is 1. The van der Waals surface area contributed by atoms with Crippen molar-refractivity contribution in [3.63, 3.8) is 0 Å². The predicted octanol–water partition coefficient (Wildman–Crippen LogP) is 3.24. The maximum atomic E-state index is 13.1. The van der Waals surface area contributed by atoms with Gasteiger partial charge in [0.15, 0.2) is 0 Å². The molecule has 0 unspecified atom stereocenters. The van der Waals surface area contributed by atoms with Crippen LogP contribution in [0.5, 0.6) is 0 Å². The number of halogens is 1. The van der Waals surface area contributed by atoms with Crippen LogP contribution < -0.4 is 5.32 Å². The Bertz CT molecular complexity index is 509. The van der Waals surface area contributed by atoms with Crippen molar-refractivity contribution in [3.05, 3.63) is 47.9 Å². The van der Waals surface area contributed by atoms with Gasteiger partial charge in [0.1, 0.15) is 11.6 Å². The smallest absolute Gasteiger partial charge is 0.128 e. The first kappa shape index (κ1) is 10.6. The molecule has 0 aliphatic carbocycles. The molecule has 0 aliphatic rings. The van der Waals surface area contributed by atoms with Crippen molar-refractivity contribution in [1.82, 2.24) is 4.98 Å². The van der Waals surface area contributed by atoms with Crippen LogP contribution in [0.25, 0.3) is 11.1 Å². The molecule has 0 bridgehead atoms. The Labute approximate surface area is 94.2 Å². The first-order valence-corrected chi connectivity index (χ1v) is 5.11. The van der Waals surface area contributed by atoms with E-state index < -0.39 is 0 Å². The van der Waals surface area contributed by atoms with E-state index in [9.17, 15) is 4.39 Å². The van der Waals surface area contributed by atoms with E-state index in [1.807, 2.05) is 26.1 Å². The monoisotopic (exact) mass is 216 g/mol. The molecular weight excluding hydrogens is 203 g/mol. The van der Waals surface area contributed by atoms with Crippen molar-refractivity contribution in [2.75, 3.05) is 12.4 Å². The molecule has 0 atom stereocenters. The highest BCUT2D eigenvalue weighted by Gasteiger charge is 2.03. The van der Waals surface area contributed by atoms with Crippen LogP contribution in [0.15, 0.2) is 36.5 Å². The second-order valence-corrected chi connectivity index (χ2v) is 3.65. The fraction of sp³-hybridized carbons (Fsp3) is 0.154. The van der Waals surface area contributed by atoms with Gasteiger partial charge in [-0.15, -0.1) is 0 Å². The Hall–Kier alpha value is -1.90. The standard InChI is InChI=1S/C13H13FN2/c1-9-6-11(8-16-13(9)15-2)10-4-3-5-12(14)7-10/h3-8H,1-2H3,(H,15,16). The van der Waals surface area contributed by atoms with Gasteiger partial charge < -0.3 is 5.32 Å². The zero-order chi connectivity index (χ0) is 11.5. The van der Waals surface area contributed by atoms with Crippen LogP contribution in [0.2, 0.25) is 0 Å². The molecular formula is C13H13FN2. The van der Waals surface area contributed by atoms with E-state index in [-0.39, 0.29) is 5.82 Å². The van der Waals surface area contributed by atoms with E-state index in [1.54, 1.807) is 12.3 Å². The van der Waals surface area contributed by atoms with Crippen LogP contribution in [-0.2, 0) is 0 Å². The molecule has 3 heteroatoms. The predicted molar refractivity (Wildman–Crippen MR) is 63.9 cm³/mol. The zero-order valence-corrected chi connectivity index (χ0v) is 9.29. The summed E-state index contributed by atoms with van der Waals surface area (Å²) in [7, 11) is 1.83. The summed E-state index contributed by atoms with van der Waals surface area (Å²) in [6.45, 7) is 1.97. The SMILES string of the molecule is CNc1ncc(-c2cccc(F)c2)cc1C. The first-order chi connectivity index (χ1) is 7.70. The summed E-state index contributed by atoms with van der Waals surface area (Å²) in [5.41, 5.74) is 2.82. The van der Waals surface area contributed by atoms with Crippen LogP contribution in [0.3, 0.4) is 0 Å². The summed E-state index contributed by atoms with van der Waals surface area (Å²) in [5, 5.41) is 3.00. The van der Waals surface area contributed by atoms with Crippen molar-refractivity contribution in [3.8, 4) is 11.1 Å². The fourth-order valence-electron chi connectivity index (χ4n) is 1.66. The molecule has 2 rings (SSSR count). The van der Waals surface area contributed by atoms with E-state index in [0.29, 0.717) is 0 Å². The number of hydrogen-bond acceptors (Lipinski definition) is 2. The van der Waals surface area contributed by atoms with Gasteiger partial charge in [-0.1, -0.05) is 12.1 Å². The third-order valence-electron chi connectivity index (χ3n) is 2.47. The van der Waals surface area contributed by atoms with Gasteiger partial charge in [-0.25, -0.2) is 9.37 Å². The van der Waals surface area contributed by atoms with Crippen molar-refractivity contribution in [1.29, 1.82) is 0 Å². The first-order valence-electron chi connectivity index (χ1n) is 5.11. The summed E-state index contributed by atoms with van der Waals surface area (Å²) in [4.78, 5) is 4.27. The van der Waals surface area contributed by atoms with Crippen LogP contribution in [-0.4, -0.2) is 12.0 Å². The lowest BCUT2D eigenvalue weighted by Crippen LogP contribution is -1.95. The third-order valence-corrected chi connectivity index (χ3v) is 2.47. The molecule has 0 fully saturated rings. The molecule has 16 heavy (non-hydrogen) atoms. The molecule has 2 nitrogen and oxygen atoms in total. The molecule has 1 aromatic heterocycles. The lowest BCUT2D eigenvalue weighted by molar-refractivity contribution is 0.628. The molecule has 0 spiro atoms. The number of rotatable bonds is 2. The third kappa shape index (κ3) is 2.03. The Morgan fingerprint density at radius 2 is 2.00 bits per heavy atom. The number of aromatic nitrogens is 1. The van der Waals surface area contributed by atoms with Crippen molar-refractivity contribution in [2.45, 2.75) is 6.92 Å². The maximum Gasteiger partial charge on any atom is 0.128 e. The summed E-state index contributed by atoms with van der Waals surface area (Å²) >= 11 is 0. The van der Waals surface area contributed by atoms with Crippen LogP contribution in [0.1, 0.15) is 5.56 Å². The van der Waals surface area contributed by atoms with Crippen molar-refractivity contribution in [2.24, 2.45) is 0 Å². The van der Waals surface area contributed by atoms with Crippen LogP contribution in [0, 0.1) is 12.7 Å². The van der Waals surface area contributed by atoms with Crippen molar-refractivity contribution < 1.29 is 4.39 Å².